The van der Waals surface area contributed by atoms with Crippen LogP contribution in [0.5, 0.6) is 17.2 Å². The number of aromatic nitrogens is 1. The summed E-state index contributed by atoms with van der Waals surface area (Å²) >= 11 is 0. The van der Waals surface area contributed by atoms with Crippen molar-refractivity contribution in [2.24, 2.45) is 5.92 Å². The third-order valence-electron chi connectivity index (χ3n) is 4.50. The first-order chi connectivity index (χ1) is 13.5. The zero-order valence-electron chi connectivity index (χ0n) is 16.4. The van der Waals surface area contributed by atoms with Gasteiger partial charge in [-0.15, -0.1) is 0 Å². The number of rotatable bonds is 8. The molecule has 0 amide bonds. The third kappa shape index (κ3) is 4.60. The molecule has 3 rings (SSSR count). The van der Waals surface area contributed by atoms with E-state index in [1.165, 1.54) is 0 Å². The van der Waals surface area contributed by atoms with Gasteiger partial charge in [-0.1, -0.05) is 19.9 Å². The van der Waals surface area contributed by atoms with E-state index in [-0.39, 0.29) is 17.5 Å². The van der Waals surface area contributed by atoms with Crippen molar-refractivity contribution in [1.29, 1.82) is 0 Å². The lowest BCUT2D eigenvalue weighted by molar-refractivity contribution is 0.0965. The lowest BCUT2D eigenvalue weighted by Crippen LogP contribution is -2.10. The fraction of sp³-hybridized carbons (Fsp3) is 0.304. The van der Waals surface area contributed by atoms with E-state index in [1.54, 1.807) is 31.5 Å². The Morgan fingerprint density at radius 1 is 1.07 bits per heavy atom. The van der Waals surface area contributed by atoms with Crippen LogP contribution >= 0.6 is 0 Å². The second-order valence-corrected chi connectivity index (χ2v) is 7.19. The molecule has 3 aromatic rings. The number of ketones is 1. The molecular formula is C23H25NO4. The molecule has 0 atom stereocenters. The fourth-order valence-corrected chi connectivity index (χ4v) is 3.01. The summed E-state index contributed by atoms with van der Waals surface area (Å²) in [6, 6.07) is 11.1. The van der Waals surface area contributed by atoms with Gasteiger partial charge in [-0.2, -0.15) is 0 Å². The zero-order chi connectivity index (χ0) is 20.1. The molecule has 0 bridgehead atoms. The Balaban J connectivity index is 1.58. The van der Waals surface area contributed by atoms with Crippen LogP contribution in [0.4, 0.5) is 0 Å². The average molecular weight is 379 g/mol. The predicted octanol–water partition coefficient (Wildman–Crippen LogP) is 4.94. The second kappa shape index (κ2) is 8.74. The first kappa shape index (κ1) is 19.7. The summed E-state index contributed by atoms with van der Waals surface area (Å²) in [6.45, 7) is 6.38. The molecule has 1 N–H and O–H groups in total. The van der Waals surface area contributed by atoms with Crippen molar-refractivity contribution >= 4 is 16.6 Å². The van der Waals surface area contributed by atoms with Crippen LogP contribution in [0.15, 0.2) is 48.8 Å². The molecule has 0 aliphatic heterocycles. The van der Waals surface area contributed by atoms with Crippen molar-refractivity contribution < 1.29 is 19.4 Å². The second-order valence-electron chi connectivity index (χ2n) is 7.19. The van der Waals surface area contributed by atoms with Crippen molar-refractivity contribution in [1.82, 2.24) is 4.98 Å². The van der Waals surface area contributed by atoms with E-state index in [9.17, 15) is 9.90 Å². The number of nitrogens with zero attached hydrogens (tertiary/aromatic N) is 1. The fourth-order valence-electron chi connectivity index (χ4n) is 3.01. The minimum absolute atomic E-state index is 0.00824. The number of pyridine rings is 1. The highest BCUT2D eigenvalue weighted by Gasteiger charge is 2.17. The van der Waals surface area contributed by atoms with Crippen molar-refractivity contribution in [3.8, 4) is 17.2 Å². The van der Waals surface area contributed by atoms with Gasteiger partial charge >= 0.3 is 0 Å². The minimum atomic E-state index is -0.0590. The molecule has 5 nitrogen and oxygen atoms in total. The molecule has 0 aliphatic rings. The summed E-state index contributed by atoms with van der Waals surface area (Å²) in [7, 11) is 0. The van der Waals surface area contributed by atoms with E-state index in [2.05, 4.69) is 4.98 Å². The molecule has 0 saturated carbocycles. The largest absolute Gasteiger partial charge is 0.507 e. The predicted molar refractivity (Wildman–Crippen MR) is 109 cm³/mol. The quantitative estimate of drug-likeness (QED) is 0.444. The number of benzene rings is 2. The number of hydrogen-bond donors (Lipinski definition) is 1. The molecule has 0 spiro atoms. The minimum Gasteiger partial charge on any atom is -0.507 e. The van der Waals surface area contributed by atoms with Crippen LogP contribution in [-0.2, 0) is 0 Å². The number of carbonyl (C=O) groups excluding carboxylic acids is 1. The van der Waals surface area contributed by atoms with Gasteiger partial charge in [0, 0.05) is 29.8 Å². The van der Waals surface area contributed by atoms with E-state index in [4.69, 9.17) is 9.47 Å². The van der Waals surface area contributed by atoms with Gasteiger partial charge in [0.25, 0.3) is 0 Å². The van der Waals surface area contributed by atoms with Gasteiger partial charge in [0.05, 0.1) is 5.56 Å². The van der Waals surface area contributed by atoms with Gasteiger partial charge in [0.1, 0.15) is 30.5 Å². The van der Waals surface area contributed by atoms with Gasteiger partial charge < -0.3 is 14.6 Å². The number of aromatic hydroxyl groups is 1. The normalized spacial score (nSPS) is 11.0. The number of fused-ring (bicyclic) bond motifs is 1. The van der Waals surface area contributed by atoms with Crippen LogP contribution in [0, 0.1) is 12.8 Å². The van der Waals surface area contributed by atoms with Gasteiger partial charge in [0.2, 0.25) is 0 Å². The maximum atomic E-state index is 12.2. The number of ether oxygens (including phenoxy) is 2. The van der Waals surface area contributed by atoms with Crippen molar-refractivity contribution in [2.75, 3.05) is 13.2 Å². The van der Waals surface area contributed by atoms with Gasteiger partial charge in [-0.25, -0.2) is 0 Å². The molecular weight excluding hydrogens is 354 g/mol. The summed E-state index contributed by atoms with van der Waals surface area (Å²) in [4.78, 5) is 16.3. The summed E-state index contributed by atoms with van der Waals surface area (Å²) in [6.07, 6.45) is 3.96. The van der Waals surface area contributed by atoms with Crippen LogP contribution in [0.2, 0.25) is 0 Å². The Morgan fingerprint density at radius 3 is 2.64 bits per heavy atom. The van der Waals surface area contributed by atoms with Crippen LogP contribution < -0.4 is 9.47 Å². The number of phenolic OH excluding ortho intramolecular Hbond substituents is 1. The summed E-state index contributed by atoms with van der Waals surface area (Å²) in [5, 5.41) is 12.5. The van der Waals surface area contributed by atoms with E-state index >= 15 is 0 Å². The molecule has 5 heteroatoms. The van der Waals surface area contributed by atoms with Gasteiger partial charge in [-0.3, -0.25) is 9.78 Å². The Morgan fingerprint density at radius 2 is 1.86 bits per heavy atom. The number of carbonyl (C=O) groups is 1. The number of hydrogen-bond acceptors (Lipinski definition) is 5. The number of Topliss-reactive ketones (excluding diaryl/α,β-unsaturated/α-hetero) is 1. The highest BCUT2D eigenvalue weighted by atomic mass is 16.5. The van der Waals surface area contributed by atoms with Crippen LogP contribution in [0.3, 0.4) is 0 Å². The topological polar surface area (TPSA) is 68.7 Å². The van der Waals surface area contributed by atoms with Gasteiger partial charge in [0.15, 0.2) is 5.78 Å². The van der Waals surface area contributed by atoms with E-state index in [0.29, 0.717) is 36.5 Å². The van der Waals surface area contributed by atoms with Gasteiger partial charge in [-0.05, 0) is 48.6 Å². The van der Waals surface area contributed by atoms with Crippen molar-refractivity contribution in [3.05, 3.63) is 59.9 Å². The van der Waals surface area contributed by atoms with E-state index in [1.807, 2.05) is 38.1 Å². The molecule has 2 aromatic carbocycles. The Labute approximate surface area is 164 Å². The SMILES string of the molecule is Cc1c(OCCOc2ccc3ccncc3c2)ccc(C(=O)CC(C)C)c1O. The monoisotopic (exact) mass is 379 g/mol. The summed E-state index contributed by atoms with van der Waals surface area (Å²) in [5.41, 5.74) is 0.908. The smallest absolute Gasteiger partial charge is 0.166 e. The lowest BCUT2D eigenvalue weighted by atomic mass is 9.98. The lowest BCUT2D eigenvalue weighted by Gasteiger charge is -2.14. The Hall–Kier alpha value is -3.08. The number of phenols is 1. The van der Waals surface area contributed by atoms with E-state index < -0.39 is 0 Å². The molecule has 1 heterocycles. The van der Waals surface area contributed by atoms with Crippen LogP contribution in [0.25, 0.3) is 10.8 Å². The molecule has 0 unspecified atom stereocenters. The standard InChI is InChI=1S/C23H25NO4/c1-15(2)12-21(25)20-6-7-22(16(3)23(20)26)28-11-10-27-19-5-4-17-8-9-24-14-18(17)13-19/h4-9,13-15,26H,10-12H2,1-3H3. The molecule has 28 heavy (non-hydrogen) atoms. The third-order valence-corrected chi connectivity index (χ3v) is 4.50. The molecule has 0 saturated heterocycles. The maximum absolute atomic E-state index is 12.2. The molecule has 0 radical (unpaired) electrons. The zero-order valence-corrected chi connectivity index (χ0v) is 16.4. The first-order valence-electron chi connectivity index (χ1n) is 9.41. The maximum Gasteiger partial charge on any atom is 0.166 e. The average Bonchev–Trinajstić information content (AvgIpc) is 2.67. The highest BCUT2D eigenvalue weighted by molar-refractivity contribution is 5.99. The molecule has 1 aromatic heterocycles. The Bertz CT molecular complexity index is 981. The molecule has 0 aliphatic carbocycles. The van der Waals surface area contributed by atoms with Crippen LogP contribution in [0.1, 0.15) is 36.2 Å². The Kier molecular flexibility index (Phi) is 6.14. The summed E-state index contributed by atoms with van der Waals surface area (Å²) < 4.78 is 11.5. The van der Waals surface area contributed by atoms with Crippen molar-refractivity contribution in [2.45, 2.75) is 27.2 Å². The van der Waals surface area contributed by atoms with E-state index in [0.717, 1.165) is 16.5 Å². The first-order valence-corrected chi connectivity index (χ1v) is 9.41. The summed E-state index contributed by atoms with van der Waals surface area (Å²) in [5.74, 6) is 1.47. The molecule has 146 valence electrons. The highest BCUT2D eigenvalue weighted by Crippen LogP contribution is 2.31. The molecule has 0 fully saturated rings. The van der Waals surface area contributed by atoms with Crippen molar-refractivity contribution in [3.63, 3.8) is 0 Å². The van der Waals surface area contributed by atoms with Crippen LogP contribution in [-0.4, -0.2) is 29.1 Å².